The average Bonchev–Trinajstić information content (AvgIpc) is 3.36. The maximum Gasteiger partial charge on any atom is 0.307 e. The number of likely N-dealkylation sites (tertiary alicyclic amines) is 1. The second-order valence-electron chi connectivity index (χ2n) is 7.01. The second kappa shape index (κ2) is 8.70. The summed E-state index contributed by atoms with van der Waals surface area (Å²) in [4.78, 5) is 18.4. The van der Waals surface area contributed by atoms with Crippen LogP contribution in [0.15, 0.2) is 18.3 Å². The maximum atomic E-state index is 11.8. The van der Waals surface area contributed by atoms with Gasteiger partial charge in [0.25, 0.3) is 0 Å². The summed E-state index contributed by atoms with van der Waals surface area (Å²) in [6.07, 6.45) is 6.02. The van der Waals surface area contributed by atoms with Crippen LogP contribution in [-0.2, 0) is 11.2 Å². The van der Waals surface area contributed by atoms with Crippen molar-refractivity contribution < 1.29 is 9.90 Å². The van der Waals surface area contributed by atoms with Crippen LogP contribution in [0.25, 0.3) is 0 Å². The van der Waals surface area contributed by atoms with Gasteiger partial charge in [-0.1, -0.05) is 24.6 Å². The van der Waals surface area contributed by atoms with Gasteiger partial charge < -0.3 is 10.0 Å². The van der Waals surface area contributed by atoms with Crippen molar-refractivity contribution in [1.82, 2.24) is 30.5 Å². The lowest BCUT2D eigenvalue weighted by atomic mass is 9.83. The molecule has 0 saturated carbocycles. The average molecular weight is 371 g/mol. The Labute approximate surface area is 157 Å². The van der Waals surface area contributed by atoms with Crippen LogP contribution in [0, 0.1) is 11.3 Å². The number of aromatic nitrogens is 5. The molecule has 0 amide bonds. The van der Waals surface area contributed by atoms with Crippen molar-refractivity contribution in [3.05, 3.63) is 35.4 Å². The lowest BCUT2D eigenvalue weighted by Gasteiger charge is -2.21. The number of carboxylic acid groups (broad SMARTS) is 1. The number of nitrogens with zero attached hydrogens (tertiary/aromatic N) is 5. The lowest BCUT2D eigenvalue weighted by molar-refractivity contribution is -0.142. The minimum Gasteiger partial charge on any atom is -0.481 e. The summed E-state index contributed by atoms with van der Waals surface area (Å²) in [6, 6.07) is 4.02. The van der Waals surface area contributed by atoms with E-state index < -0.39 is 11.9 Å². The minimum atomic E-state index is -0.839. The smallest absolute Gasteiger partial charge is 0.307 e. The number of hydrogen-bond donors (Lipinski definition) is 3. The Hall–Kier alpha value is -2.84. The van der Waals surface area contributed by atoms with Crippen molar-refractivity contribution >= 4 is 12.3 Å². The molecule has 3 unspecified atom stereocenters. The first-order chi connectivity index (χ1) is 13.1. The third-order valence-electron chi connectivity index (χ3n) is 5.22. The fourth-order valence-electron chi connectivity index (χ4n) is 3.75. The van der Waals surface area contributed by atoms with Gasteiger partial charge in [0, 0.05) is 36.8 Å². The normalized spacial score (nSPS) is 19.0. The van der Waals surface area contributed by atoms with Gasteiger partial charge in [0.2, 0.25) is 0 Å². The van der Waals surface area contributed by atoms with Crippen molar-refractivity contribution in [3.63, 3.8) is 0 Å². The van der Waals surface area contributed by atoms with E-state index in [1.807, 2.05) is 30.2 Å². The van der Waals surface area contributed by atoms with Crippen molar-refractivity contribution in [3.8, 4) is 0 Å². The molecule has 0 spiro atoms. The number of nitrogens with one attached hydrogen (secondary N) is 2. The van der Waals surface area contributed by atoms with Crippen molar-refractivity contribution in [2.75, 3.05) is 13.1 Å². The zero-order valence-corrected chi connectivity index (χ0v) is 15.4. The van der Waals surface area contributed by atoms with E-state index in [1.165, 1.54) is 6.34 Å². The molecule has 1 fully saturated rings. The van der Waals surface area contributed by atoms with Gasteiger partial charge in [-0.15, -0.1) is 10.2 Å². The Kier molecular flexibility index (Phi) is 6.10. The van der Waals surface area contributed by atoms with E-state index >= 15 is 0 Å². The van der Waals surface area contributed by atoms with E-state index in [1.54, 1.807) is 0 Å². The van der Waals surface area contributed by atoms with E-state index in [4.69, 9.17) is 5.41 Å². The van der Waals surface area contributed by atoms with Crippen LogP contribution in [0.5, 0.6) is 0 Å². The molecular formula is C18H25N7O2. The van der Waals surface area contributed by atoms with E-state index in [-0.39, 0.29) is 5.92 Å². The zero-order chi connectivity index (χ0) is 19.2. The number of hydrogen-bond acceptors (Lipinski definition) is 6. The monoisotopic (exact) mass is 371 g/mol. The van der Waals surface area contributed by atoms with Crippen LogP contribution in [0.4, 0.5) is 0 Å². The maximum absolute atomic E-state index is 11.8. The number of aromatic amines is 1. The summed E-state index contributed by atoms with van der Waals surface area (Å²) in [5.41, 5.74) is 1.97. The number of H-pyrrole nitrogens is 1. The molecule has 1 aliphatic heterocycles. The van der Waals surface area contributed by atoms with Crippen LogP contribution in [0.2, 0.25) is 0 Å². The molecule has 0 aromatic carbocycles. The first-order valence-corrected chi connectivity index (χ1v) is 9.28. The van der Waals surface area contributed by atoms with E-state index in [2.05, 4.69) is 25.6 Å². The van der Waals surface area contributed by atoms with Gasteiger partial charge >= 0.3 is 5.97 Å². The Morgan fingerprint density at radius 2 is 2.37 bits per heavy atom. The summed E-state index contributed by atoms with van der Waals surface area (Å²) in [5.74, 6) is -0.997. The van der Waals surface area contributed by atoms with Crippen LogP contribution in [0.1, 0.15) is 55.1 Å². The van der Waals surface area contributed by atoms with Gasteiger partial charge in [-0.05, 0) is 30.9 Å². The third kappa shape index (κ3) is 4.47. The molecule has 2 aromatic rings. The van der Waals surface area contributed by atoms with Gasteiger partial charge in [0.15, 0.2) is 5.82 Å². The van der Waals surface area contributed by atoms with Crippen LogP contribution in [0.3, 0.4) is 0 Å². The Morgan fingerprint density at radius 3 is 2.93 bits per heavy atom. The molecule has 3 N–H and O–H groups in total. The molecular weight excluding hydrogens is 346 g/mol. The van der Waals surface area contributed by atoms with Gasteiger partial charge in [-0.2, -0.15) is 5.21 Å². The molecule has 1 saturated heterocycles. The van der Waals surface area contributed by atoms with Crippen molar-refractivity contribution in [1.29, 1.82) is 5.41 Å². The first kappa shape index (κ1) is 18.9. The Bertz CT molecular complexity index is 748. The molecule has 3 rings (SSSR count). The minimum absolute atomic E-state index is 0.334. The highest BCUT2D eigenvalue weighted by atomic mass is 16.4. The standard InChI is InChI=1S/C18H25N7O2/c1-2-3-14(18(26)27)15(17-21-23-24-22-17)8-12-4-5-16(20-9-12)13-6-7-25(10-13)11-19/h4-5,9,11,13-15,19H,2-3,6-8,10H2,1H3,(H,26,27)(H,21,22,23,24). The first-order valence-electron chi connectivity index (χ1n) is 9.28. The number of pyridine rings is 1. The van der Waals surface area contributed by atoms with Crippen molar-refractivity contribution in [2.24, 2.45) is 5.92 Å². The molecule has 0 radical (unpaired) electrons. The molecule has 2 aromatic heterocycles. The largest absolute Gasteiger partial charge is 0.481 e. The molecule has 3 atom stereocenters. The second-order valence-corrected chi connectivity index (χ2v) is 7.01. The van der Waals surface area contributed by atoms with Gasteiger partial charge in [-0.25, -0.2) is 0 Å². The Morgan fingerprint density at radius 1 is 1.52 bits per heavy atom. The highest BCUT2D eigenvalue weighted by Crippen LogP contribution is 2.30. The molecule has 9 nitrogen and oxygen atoms in total. The van der Waals surface area contributed by atoms with Crippen LogP contribution >= 0.6 is 0 Å². The lowest BCUT2D eigenvalue weighted by Crippen LogP contribution is -2.25. The van der Waals surface area contributed by atoms with Gasteiger partial charge in [-0.3, -0.25) is 15.2 Å². The summed E-state index contributed by atoms with van der Waals surface area (Å²) in [7, 11) is 0. The summed E-state index contributed by atoms with van der Waals surface area (Å²) in [5, 5.41) is 31.1. The zero-order valence-electron chi connectivity index (χ0n) is 15.4. The number of carbonyl (C=O) groups is 1. The number of rotatable bonds is 9. The van der Waals surface area contributed by atoms with Crippen LogP contribution in [-0.4, -0.2) is 61.0 Å². The molecule has 1 aliphatic rings. The predicted octanol–water partition coefficient (Wildman–Crippen LogP) is 1.82. The fourth-order valence-corrected chi connectivity index (χ4v) is 3.75. The highest BCUT2D eigenvalue weighted by molar-refractivity contribution is 5.71. The topological polar surface area (TPSA) is 132 Å². The summed E-state index contributed by atoms with van der Waals surface area (Å²) in [6.45, 7) is 3.67. The molecule has 144 valence electrons. The Balaban J connectivity index is 1.76. The quantitative estimate of drug-likeness (QED) is 0.452. The third-order valence-corrected chi connectivity index (χ3v) is 5.22. The highest BCUT2D eigenvalue weighted by Gasteiger charge is 2.32. The molecule has 9 heteroatoms. The summed E-state index contributed by atoms with van der Waals surface area (Å²) >= 11 is 0. The SMILES string of the molecule is CCCC(C(=O)O)C(Cc1ccc(C2CCN(C=N)C2)nc1)c1nn[nH]n1. The van der Waals surface area contributed by atoms with Gasteiger partial charge in [0.1, 0.15) is 0 Å². The van der Waals surface area contributed by atoms with Gasteiger partial charge in [0.05, 0.1) is 12.3 Å². The van der Waals surface area contributed by atoms with E-state index in [0.717, 1.165) is 37.2 Å². The predicted molar refractivity (Wildman–Crippen MR) is 98.6 cm³/mol. The number of carboxylic acids is 1. The van der Waals surface area contributed by atoms with Crippen molar-refractivity contribution in [2.45, 2.75) is 44.4 Å². The fraction of sp³-hybridized carbons (Fsp3) is 0.556. The van der Waals surface area contributed by atoms with E-state index in [0.29, 0.717) is 24.6 Å². The molecule has 0 aliphatic carbocycles. The number of tetrazole rings is 1. The van der Waals surface area contributed by atoms with Crippen LogP contribution < -0.4 is 0 Å². The number of aliphatic carboxylic acids is 1. The molecule has 0 bridgehead atoms. The molecule has 27 heavy (non-hydrogen) atoms. The van der Waals surface area contributed by atoms with E-state index in [9.17, 15) is 9.90 Å². The summed E-state index contributed by atoms with van der Waals surface area (Å²) < 4.78 is 0. The molecule has 3 heterocycles.